The van der Waals surface area contributed by atoms with Crippen molar-refractivity contribution in [2.75, 3.05) is 6.61 Å². The Kier molecular flexibility index (Phi) is 8.46. The number of ether oxygens (including phenoxy) is 1. The number of rotatable bonds is 11. The molecule has 3 nitrogen and oxygen atoms in total. The second kappa shape index (κ2) is 11.5. The molecule has 0 spiro atoms. The normalized spacial score (nSPS) is 12.6. The standard InChI is InChI=1S/C27H33NO2/c1-3-4-8-19-30-21(2)9-6-5-7-10-22-11-17-27-24(20-22)14-18-26(28-27)23-12-15-25(29)16-13-23/h7,10-18,20-21,29H,3-6,8-9,19H2,1-2H3. The molecule has 2 aromatic carbocycles. The zero-order chi connectivity index (χ0) is 21.2. The third kappa shape index (κ3) is 6.70. The molecule has 0 aliphatic heterocycles. The summed E-state index contributed by atoms with van der Waals surface area (Å²) in [7, 11) is 0. The fraction of sp³-hybridized carbons (Fsp3) is 0.370. The second-order valence-corrected chi connectivity index (χ2v) is 7.92. The van der Waals surface area contributed by atoms with Crippen LogP contribution < -0.4 is 0 Å². The fourth-order valence-electron chi connectivity index (χ4n) is 3.50. The van der Waals surface area contributed by atoms with E-state index in [1.807, 2.05) is 18.2 Å². The van der Waals surface area contributed by atoms with Gasteiger partial charge in [0.1, 0.15) is 5.75 Å². The second-order valence-electron chi connectivity index (χ2n) is 7.92. The molecule has 0 saturated carbocycles. The molecule has 0 amide bonds. The van der Waals surface area contributed by atoms with E-state index in [1.165, 1.54) is 24.8 Å². The zero-order valence-electron chi connectivity index (χ0n) is 18.2. The first-order valence-corrected chi connectivity index (χ1v) is 11.1. The summed E-state index contributed by atoms with van der Waals surface area (Å²) in [6.07, 6.45) is 11.8. The molecule has 0 bridgehead atoms. The smallest absolute Gasteiger partial charge is 0.115 e. The topological polar surface area (TPSA) is 42.4 Å². The number of nitrogens with zero attached hydrogens (tertiary/aromatic N) is 1. The Labute approximate surface area is 180 Å². The van der Waals surface area contributed by atoms with Crippen molar-refractivity contribution in [1.29, 1.82) is 0 Å². The first-order valence-electron chi connectivity index (χ1n) is 11.1. The van der Waals surface area contributed by atoms with Crippen molar-refractivity contribution in [2.24, 2.45) is 0 Å². The average Bonchev–Trinajstić information content (AvgIpc) is 2.76. The lowest BCUT2D eigenvalue weighted by atomic mass is 10.1. The minimum absolute atomic E-state index is 0.268. The lowest BCUT2D eigenvalue weighted by Gasteiger charge is -2.12. The maximum Gasteiger partial charge on any atom is 0.115 e. The van der Waals surface area contributed by atoms with E-state index in [2.05, 4.69) is 50.3 Å². The van der Waals surface area contributed by atoms with Gasteiger partial charge in [-0.15, -0.1) is 0 Å². The minimum atomic E-state index is 0.268. The molecule has 1 atom stereocenters. The minimum Gasteiger partial charge on any atom is -0.508 e. The van der Waals surface area contributed by atoms with Crippen LogP contribution in [0, 0.1) is 0 Å². The van der Waals surface area contributed by atoms with Gasteiger partial charge in [-0.25, -0.2) is 4.98 Å². The van der Waals surface area contributed by atoms with Crippen LogP contribution in [0.4, 0.5) is 0 Å². The molecule has 3 aromatic rings. The Balaban J connectivity index is 1.50. The van der Waals surface area contributed by atoms with Crippen molar-refractivity contribution in [3.05, 3.63) is 66.2 Å². The van der Waals surface area contributed by atoms with Gasteiger partial charge >= 0.3 is 0 Å². The highest BCUT2D eigenvalue weighted by Gasteiger charge is 2.03. The third-order valence-corrected chi connectivity index (χ3v) is 5.32. The molecule has 1 heterocycles. The summed E-state index contributed by atoms with van der Waals surface area (Å²) in [5, 5.41) is 10.6. The molecule has 3 rings (SSSR count). The number of benzene rings is 2. The summed E-state index contributed by atoms with van der Waals surface area (Å²) < 4.78 is 5.86. The van der Waals surface area contributed by atoms with Crippen LogP contribution in [0.3, 0.4) is 0 Å². The van der Waals surface area contributed by atoms with Gasteiger partial charge in [-0.3, -0.25) is 0 Å². The Bertz CT molecular complexity index is 947. The zero-order valence-corrected chi connectivity index (χ0v) is 18.2. The lowest BCUT2D eigenvalue weighted by Crippen LogP contribution is -2.08. The number of aromatic nitrogens is 1. The largest absolute Gasteiger partial charge is 0.508 e. The Morgan fingerprint density at radius 1 is 1.00 bits per heavy atom. The molecule has 0 fully saturated rings. The van der Waals surface area contributed by atoms with Crippen LogP contribution in [0.25, 0.3) is 28.2 Å². The van der Waals surface area contributed by atoms with Crippen molar-refractivity contribution in [3.8, 4) is 17.0 Å². The van der Waals surface area contributed by atoms with E-state index in [4.69, 9.17) is 9.72 Å². The molecule has 0 saturated heterocycles. The summed E-state index contributed by atoms with van der Waals surface area (Å²) >= 11 is 0. The van der Waals surface area contributed by atoms with Gasteiger partial charge in [0.2, 0.25) is 0 Å². The van der Waals surface area contributed by atoms with Crippen molar-refractivity contribution in [1.82, 2.24) is 4.98 Å². The first-order chi connectivity index (χ1) is 14.7. The number of allylic oxidation sites excluding steroid dienone is 1. The molecule has 1 unspecified atom stereocenters. The highest BCUT2D eigenvalue weighted by Crippen LogP contribution is 2.24. The van der Waals surface area contributed by atoms with E-state index in [9.17, 15) is 5.11 Å². The summed E-state index contributed by atoms with van der Waals surface area (Å²) in [5.41, 5.74) is 4.09. The summed E-state index contributed by atoms with van der Waals surface area (Å²) in [5.74, 6) is 0.268. The predicted molar refractivity (Wildman–Crippen MR) is 127 cm³/mol. The van der Waals surface area contributed by atoms with Gasteiger partial charge in [0, 0.05) is 17.6 Å². The van der Waals surface area contributed by atoms with E-state index < -0.39 is 0 Å². The summed E-state index contributed by atoms with van der Waals surface area (Å²) in [4.78, 5) is 4.76. The lowest BCUT2D eigenvalue weighted by molar-refractivity contribution is 0.0566. The number of pyridine rings is 1. The van der Waals surface area contributed by atoms with Crippen LogP contribution in [-0.2, 0) is 4.74 Å². The van der Waals surface area contributed by atoms with Crippen molar-refractivity contribution in [3.63, 3.8) is 0 Å². The summed E-state index contributed by atoms with van der Waals surface area (Å²) in [6.45, 7) is 5.29. The van der Waals surface area contributed by atoms with Crippen molar-refractivity contribution >= 4 is 17.0 Å². The molecule has 0 radical (unpaired) electrons. The van der Waals surface area contributed by atoms with E-state index in [-0.39, 0.29) is 5.75 Å². The predicted octanol–water partition coefficient (Wildman–Crippen LogP) is 7.39. The number of hydrogen-bond donors (Lipinski definition) is 1. The molecule has 3 heteroatoms. The van der Waals surface area contributed by atoms with E-state index in [0.29, 0.717) is 6.10 Å². The number of unbranched alkanes of at least 4 members (excludes halogenated alkanes) is 3. The molecule has 30 heavy (non-hydrogen) atoms. The van der Waals surface area contributed by atoms with Crippen LogP contribution in [-0.4, -0.2) is 22.8 Å². The van der Waals surface area contributed by atoms with Crippen LogP contribution in [0.15, 0.2) is 60.7 Å². The molecule has 0 aliphatic carbocycles. The number of phenolic OH excluding ortho intramolecular Hbond substituents is 1. The van der Waals surface area contributed by atoms with Crippen LogP contribution in [0.5, 0.6) is 5.75 Å². The van der Waals surface area contributed by atoms with Gasteiger partial charge in [0.15, 0.2) is 0 Å². The number of phenols is 1. The van der Waals surface area contributed by atoms with Gasteiger partial charge in [0.25, 0.3) is 0 Å². The Hall–Kier alpha value is -2.65. The van der Waals surface area contributed by atoms with E-state index in [1.54, 1.807) is 12.1 Å². The van der Waals surface area contributed by atoms with Crippen molar-refractivity contribution < 1.29 is 9.84 Å². The molecule has 158 valence electrons. The molecular weight excluding hydrogens is 370 g/mol. The Morgan fingerprint density at radius 2 is 1.83 bits per heavy atom. The molecular formula is C27H33NO2. The highest BCUT2D eigenvalue weighted by molar-refractivity contribution is 5.83. The number of fused-ring (bicyclic) bond motifs is 1. The monoisotopic (exact) mass is 403 g/mol. The van der Waals surface area contributed by atoms with Crippen LogP contribution >= 0.6 is 0 Å². The third-order valence-electron chi connectivity index (χ3n) is 5.32. The molecule has 1 aromatic heterocycles. The number of hydrogen-bond acceptors (Lipinski definition) is 3. The fourth-order valence-corrected chi connectivity index (χ4v) is 3.50. The van der Waals surface area contributed by atoms with Gasteiger partial charge in [0.05, 0.1) is 17.3 Å². The quantitative estimate of drug-likeness (QED) is 0.339. The van der Waals surface area contributed by atoms with Crippen LogP contribution in [0.1, 0.15) is 57.9 Å². The average molecular weight is 404 g/mol. The first kappa shape index (κ1) is 22.0. The van der Waals surface area contributed by atoms with Gasteiger partial charge in [-0.2, -0.15) is 0 Å². The van der Waals surface area contributed by atoms with Crippen molar-refractivity contribution in [2.45, 2.75) is 58.5 Å². The highest BCUT2D eigenvalue weighted by atomic mass is 16.5. The molecule has 1 N–H and O–H groups in total. The summed E-state index contributed by atoms with van der Waals surface area (Å²) in [6, 6.07) is 17.7. The van der Waals surface area contributed by atoms with E-state index in [0.717, 1.165) is 48.0 Å². The number of aromatic hydroxyl groups is 1. The Morgan fingerprint density at radius 3 is 2.63 bits per heavy atom. The maximum atomic E-state index is 9.46. The van der Waals surface area contributed by atoms with Crippen LogP contribution in [0.2, 0.25) is 0 Å². The van der Waals surface area contributed by atoms with E-state index >= 15 is 0 Å². The maximum absolute atomic E-state index is 9.46. The van der Waals surface area contributed by atoms with Gasteiger partial charge in [-0.05, 0) is 80.6 Å². The van der Waals surface area contributed by atoms with Gasteiger partial charge < -0.3 is 9.84 Å². The SMILES string of the molecule is CCCCCOC(C)CCCC=Cc1ccc2nc(-c3ccc(O)cc3)ccc2c1. The van der Waals surface area contributed by atoms with Gasteiger partial charge in [-0.1, -0.05) is 44.1 Å². The molecule has 0 aliphatic rings.